The standard InChI is InChI=1S/C14H19BrN2O/c1-14-5-6-16(2)13(14)17(3)11-8-12(18-4)10(15)7-9(11)14/h7-8,13H,5-6H2,1-4H3/t13-,14+/m0/s1. The summed E-state index contributed by atoms with van der Waals surface area (Å²) in [6.07, 6.45) is 1.68. The van der Waals surface area contributed by atoms with Crippen LogP contribution in [0.4, 0.5) is 5.69 Å². The molecule has 98 valence electrons. The van der Waals surface area contributed by atoms with E-state index in [4.69, 9.17) is 4.74 Å². The van der Waals surface area contributed by atoms with Crippen LogP contribution in [0.2, 0.25) is 0 Å². The number of ether oxygens (including phenoxy) is 1. The fourth-order valence-electron chi connectivity index (χ4n) is 3.72. The molecule has 4 heteroatoms. The van der Waals surface area contributed by atoms with E-state index in [0.29, 0.717) is 6.17 Å². The predicted molar refractivity (Wildman–Crippen MR) is 77.5 cm³/mol. The highest BCUT2D eigenvalue weighted by molar-refractivity contribution is 9.10. The smallest absolute Gasteiger partial charge is 0.135 e. The van der Waals surface area contributed by atoms with Gasteiger partial charge in [-0.2, -0.15) is 0 Å². The molecule has 0 N–H and O–H groups in total. The summed E-state index contributed by atoms with van der Waals surface area (Å²) >= 11 is 3.61. The zero-order chi connectivity index (χ0) is 13.1. The molecule has 2 atom stereocenters. The van der Waals surface area contributed by atoms with Crippen molar-refractivity contribution in [3.8, 4) is 5.75 Å². The molecule has 0 saturated carbocycles. The van der Waals surface area contributed by atoms with Crippen molar-refractivity contribution in [2.75, 3.05) is 32.6 Å². The highest BCUT2D eigenvalue weighted by Gasteiger charge is 2.52. The van der Waals surface area contributed by atoms with Crippen LogP contribution in [0.25, 0.3) is 0 Å². The number of benzene rings is 1. The topological polar surface area (TPSA) is 15.7 Å². The molecule has 2 aliphatic rings. The van der Waals surface area contributed by atoms with Crippen molar-refractivity contribution >= 4 is 21.6 Å². The minimum Gasteiger partial charge on any atom is -0.495 e. The van der Waals surface area contributed by atoms with Crippen LogP contribution in [0.3, 0.4) is 0 Å². The molecule has 1 saturated heterocycles. The molecule has 1 aromatic carbocycles. The van der Waals surface area contributed by atoms with Gasteiger partial charge in [-0.05, 0) is 41.0 Å². The molecule has 0 aliphatic carbocycles. The molecular weight excluding hydrogens is 292 g/mol. The van der Waals surface area contributed by atoms with Gasteiger partial charge in [0.05, 0.1) is 17.7 Å². The molecule has 18 heavy (non-hydrogen) atoms. The van der Waals surface area contributed by atoms with Crippen LogP contribution in [-0.4, -0.2) is 38.8 Å². The number of methoxy groups -OCH3 is 1. The van der Waals surface area contributed by atoms with Crippen molar-refractivity contribution in [1.29, 1.82) is 0 Å². The molecule has 3 nitrogen and oxygen atoms in total. The summed E-state index contributed by atoms with van der Waals surface area (Å²) in [5.41, 5.74) is 2.97. The minimum atomic E-state index is 0.230. The van der Waals surface area contributed by atoms with Gasteiger partial charge in [0.2, 0.25) is 0 Å². The van der Waals surface area contributed by atoms with Crippen LogP contribution in [0.5, 0.6) is 5.75 Å². The van der Waals surface area contributed by atoms with Gasteiger partial charge in [-0.1, -0.05) is 6.92 Å². The lowest BCUT2D eigenvalue weighted by molar-refractivity contribution is 0.268. The average Bonchev–Trinajstić information content (AvgIpc) is 2.75. The van der Waals surface area contributed by atoms with E-state index >= 15 is 0 Å². The highest BCUT2D eigenvalue weighted by atomic mass is 79.9. The molecular formula is C14H19BrN2O. The Kier molecular flexibility index (Phi) is 2.65. The molecule has 1 aromatic rings. The van der Waals surface area contributed by atoms with Gasteiger partial charge < -0.3 is 9.64 Å². The predicted octanol–water partition coefficient (Wildman–Crippen LogP) is 2.83. The van der Waals surface area contributed by atoms with Crippen molar-refractivity contribution < 1.29 is 4.74 Å². The molecule has 0 radical (unpaired) electrons. The lowest BCUT2D eigenvalue weighted by Crippen LogP contribution is -2.45. The molecule has 0 aromatic heterocycles. The van der Waals surface area contributed by atoms with Crippen LogP contribution in [0.1, 0.15) is 18.9 Å². The summed E-state index contributed by atoms with van der Waals surface area (Å²) in [7, 11) is 6.12. The lowest BCUT2D eigenvalue weighted by atomic mass is 9.81. The second-order valence-corrected chi connectivity index (χ2v) is 6.49. The number of rotatable bonds is 1. The average molecular weight is 311 g/mol. The van der Waals surface area contributed by atoms with Gasteiger partial charge in [0.1, 0.15) is 5.75 Å². The first kappa shape index (κ1) is 12.3. The molecule has 2 aliphatic heterocycles. The Morgan fingerprint density at radius 3 is 2.78 bits per heavy atom. The largest absolute Gasteiger partial charge is 0.495 e. The summed E-state index contributed by atoms with van der Waals surface area (Å²) < 4.78 is 6.46. The summed E-state index contributed by atoms with van der Waals surface area (Å²) in [6, 6.07) is 4.39. The van der Waals surface area contributed by atoms with Crippen molar-refractivity contribution in [3.63, 3.8) is 0 Å². The van der Waals surface area contributed by atoms with Crippen LogP contribution in [0.15, 0.2) is 16.6 Å². The van der Waals surface area contributed by atoms with E-state index in [9.17, 15) is 0 Å². The normalized spacial score (nSPS) is 30.5. The fourth-order valence-corrected chi connectivity index (χ4v) is 4.23. The second-order valence-electron chi connectivity index (χ2n) is 5.64. The van der Waals surface area contributed by atoms with E-state index in [1.165, 1.54) is 17.7 Å². The van der Waals surface area contributed by atoms with Gasteiger partial charge in [0.25, 0.3) is 0 Å². The van der Waals surface area contributed by atoms with E-state index in [1.54, 1.807) is 7.11 Å². The van der Waals surface area contributed by atoms with Crippen molar-refractivity contribution in [2.24, 2.45) is 0 Å². The molecule has 0 spiro atoms. The minimum absolute atomic E-state index is 0.230. The monoisotopic (exact) mass is 310 g/mol. The third-order valence-corrected chi connectivity index (χ3v) is 5.22. The third-order valence-electron chi connectivity index (χ3n) is 4.60. The Balaban J connectivity index is 2.18. The summed E-state index contributed by atoms with van der Waals surface area (Å²) in [6.45, 7) is 3.54. The summed E-state index contributed by atoms with van der Waals surface area (Å²) in [5.74, 6) is 0.909. The van der Waals surface area contributed by atoms with Crippen LogP contribution in [-0.2, 0) is 5.41 Å². The van der Waals surface area contributed by atoms with Gasteiger partial charge in [-0.15, -0.1) is 0 Å². The Morgan fingerprint density at radius 1 is 1.39 bits per heavy atom. The summed E-state index contributed by atoms with van der Waals surface area (Å²) in [5, 5.41) is 0. The van der Waals surface area contributed by atoms with E-state index in [1.807, 2.05) is 0 Å². The van der Waals surface area contributed by atoms with Gasteiger partial charge in [-0.25, -0.2) is 0 Å². The number of hydrogen-bond donors (Lipinski definition) is 0. The molecule has 0 unspecified atom stereocenters. The van der Waals surface area contributed by atoms with Crippen LogP contribution >= 0.6 is 15.9 Å². The number of hydrogen-bond acceptors (Lipinski definition) is 3. The van der Waals surface area contributed by atoms with E-state index in [0.717, 1.165) is 16.8 Å². The van der Waals surface area contributed by atoms with Gasteiger partial charge in [0, 0.05) is 30.8 Å². The van der Waals surface area contributed by atoms with E-state index in [-0.39, 0.29) is 5.41 Å². The van der Waals surface area contributed by atoms with Gasteiger partial charge >= 0.3 is 0 Å². The highest BCUT2D eigenvalue weighted by Crippen LogP contribution is 2.52. The number of fused-ring (bicyclic) bond motifs is 3. The Bertz CT molecular complexity index is 505. The number of likely N-dealkylation sites (N-methyl/N-ethyl adjacent to an activating group) is 2. The molecule has 3 rings (SSSR count). The first-order valence-corrected chi connectivity index (χ1v) is 7.09. The zero-order valence-corrected chi connectivity index (χ0v) is 12.9. The Hall–Kier alpha value is -0.740. The fraction of sp³-hybridized carbons (Fsp3) is 0.571. The maximum absolute atomic E-state index is 5.41. The quantitative estimate of drug-likeness (QED) is 0.793. The van der Waals surface area contributed by atoms with Crippen molar-refractivity contribution in [3.05, 3.63) is 22.2 Å². The maximum atomic E-state index is 5.41. The van der Waals surface area contributed by atoms with Crippen molar-refractivity contribution in [1.82, 2.24) is 4.90 Å². The molecule has 0 bridgehead atoms. The van der Waals surface area contributed by atoms with E-state index < -0.39 is 0 Å². The maximum Gasteiger partial charge on any atom is 0.135 e. The van der Waals surface area contributed by atoms with Gasteiger partial charge in [-0.3, -0.25) is 4.90 Å². The van der Waals surface area contributed by atoms with E-state index in [2.05, 4.69) is 58.9 Å². The number of nitrogens with zero attached hydrogens (tertiary/aromatic N) is 2. The number of likely N-dealkylation sites (tertiary alicyclic amines) is 1. The SMILES string of the molecule is COc1cc2c(cc1Br)[C@@]1(C)CCN(C)[C@H]1N2C. The van der Waals surface area contributed by atoms with Gasteiger partial charge in [0.15, 0.2) is 0 Å². The lowest BCUT2D eigenvalue weighted by Gasteiger charge is -2.32. The Labute approximate surface area is 117 Å². The van der Waals surface area contributed by atoms with Crippen LogP contribution < -0.4 is 9.64 Å². The first-order chi connectivity index (χ1) is 8.49. The number of anilines is 1. The molecule has 0 amide bonds. The first-order valence-electron chi connectivity index (χ1n) is 6.30. The second kappa shape index (κ2) is 3.87. The molecule has 1 fully saturated rings. The van der Waals surface area contributed by atoms with Crippen LogP contribution in [0, 0.1) is 0 Å². The molecule has 2 heterocycles. The summed E-state index contributed by atoms with van der Waals surface area (Å²) in [4.78, 5) is 4.83. The van der Waals surface area contributed by atoms with Crippen molar-refractivity contribution in [2.45, 2.75) is 24.9 Å². The third kappa shape index (κ3) is 1.39. The number of halogens is 1. The Morgan fingerprint density at radius 2 is 2.11 bits per heavy atom. The zero-order valence-electron chi connectivity index (χ0n) is 11.3.